The van der Waals surface area contributed by atoms with E-state index in [1.165, 1.54) is 0 Å². The van der Waals surface area contributed by atoms with Crippen LogP contribution in [0.3, 0.4) is 0 Å². The summed E-state index contributed by atoms with van der Waals surface area (Å²) in [6.07, 6.45) is 1.84. The van der Waals surface area contributed by atoms with Gasteiger partial charge in [0.2, 0.25) is 5.91 Å². The van der Waals surface area contributed by atoms with Crippen LogP contribution in [0, 0.1) is 0 Å². The van der Waals surface area contributed by atoms with E-state index in [-0.39, 0.29) is 5.91 Å². The number of para-hydroxylation sites is 1. The summed E-state index contributed by atoms with van der Waals surface area (Å²) < 4.78 is 2.70. The van der Waals surface area contributed by atoms with E-state index < -0.39 is 0 Å². The van der Waals surface area contributed by atoms with Crippen molar-refractivity contribution in [3.63, 3.8) is 0 Å². The molecule has 0 aliphatic rings. The van der Waals surface area contributed by atoms with Crippen molar-refractivity contribution < 1.29 is 4.79 Å². The minimum atomic E-state index is 0.00468. The van der Waals surface area contributed by atoms with Crippen LogP contribution in [0.4, 0.5) is 11.4 Å². The van der Waals surface area contributed by atoms with Crippen LogP contribution in [0.15, 0.2) is 59.2 Å². The zero-order valence-electron chi connectivity index (χ0n) is 10.9. The fraction of sp³-hybridized carbons (Fsp3) is 0.0625. The maximum absolute atomic E-state index is 11.7. The Morgan fingerprint density at radius 3 is 2.50 bits per heavy atom. The van der Waals surface area contributed by atoms with Crippen LogP contribution >= 0.6 is 15.9 Å². The number of benzene rings is 2. The number of rotatable bonds is 2. The maximum Gasteiger partial charge on any atom is 0.228 e. The lowest BCUT2D eigenvalue weighted by molar-refractivity contribution is 0.0942. The summed E-state index contributed by atoms with van der Waals surface area (Å²) in [6, 6.07) is 15.8. The van der Waals surface area contributed by atoms with Gasteiger partial charge in [-0.25, -0.2) is 0 Å². The first-order valence-corrected chi connectivity index (χ1v) is 7.08. The Balaban J connectivity index is 2.07. The monoisotopic (exact) mass is 328 g/mol. The molecule has 3 nitrogen and oxygen atoms in total. The summed E-state index contributed by atoms with van der Waals surface area (Å²) in [5, 5.41) is 4.39. The lowest BCUT2D eigenvalue weighted by Crippen LogP contribution is -2.02. The molecular weight excluding hydrogens is 316 g/mol. The summed E-state index contributed by atoms with van der Waals surface area (Å²) in [6.45, 7) is 1.57. The van der Waals surface area contributed by atoms with E-state index >= 15 is 0 Å². The first kappa shape index (κ1) is 12.9. The standard InChI is InChI=1S/C16H13BrN2O/c1-11(20)19-10-15(14-4-2-3-5-16(14)19)18-13-8-6-12(17)7-9-13/h2-10,18H,1H3. The van der Waals surface area contributed by atoms with Gasteiger partial charge in [-0.1, -0.05) is 34.1 Å². The molecule has 0 radical (unpaired) electrons. The summed E-state index contributed by atoms with van der Waals surface area (Å²) in [5.41, 5.74) is 2.83. The molecule has 3 aromatic rings. The van der Waals surface area contributed by atoms with Crippen molar-refractivity contribution in [1.29, 1.82) is 0 Å². The first-order chi connectivity index (χ1) is 9.65. The van der Waals surface area contributed by atoms with E-state index in [2.05, 4.69) is 21.2 Å². The van der Waals surface area contributed by atoms with Gasteiger partial charge in [-0.3, -0.25) is 9.36 Å². The van der Waals surface area contributed by atoms with Crippen molar-refractivity contribution in [2.75, 3.05) is 5.32 Å². The molecular formula is C16H13BrN2O. The van der Waals surface area contributed by atoms with Crippen LogP contribution in [0.2, 0.25) is 0 Å². The summed E-state index contributed by atoms with van der Waals surface area (Å²) in [5.74, 6) is 0.00468. The lowest BCUT2D eigenvalue weighted by Gasteiger charge is -2.04. The van der Waals surface area contributed by atoms with E-state index in [1.54, 1.807) is 11.5 Å². The molecule has 0 spiro atoms. The number of aromatic nitrogens is 1. The number of nitrogens with one attached hydrogen (secondary N) is 1. The van der Waals surface area contributed by atoms with Gasteiger partial charge in [0.25, 0.3) is 0 Å². The smallest absolute Gasteiger partial charge is 0.228 e. The molecule has 1 aromatic heterocycles. The molecule has 20 heavy (non-hydrogen) atoms. The Labute approximate surface area is 125 Å². The SMILES string of the molecule is CC(=O)n1cc(Nc2ccc(Br)cc2)c2ccccc21. The van der Waals surface area contributed by atoms with Crippen molar-refractivity contribution >= 4 is 44.1 Å². The normalized spacial score (nSPS) is 10.7. The fourth-order valence-electron chi connectivity index (χ4n) is 2.23. The average molecular weight is 329 g/mol. The van der Waals surface area contributed by atoms with Gasteiger partial charge >= 0.3 is 0 Å². The van der Waals surface area contributed by atoms with Gasteiger partial charge in [0.1, 0.15) is 0 Å². The van der Waals surface area contributed by atoms with Crippen molar-refractivity contribution in [2.24, 2.45) is 0 Å². The Bertz CT molecular complexity index is 775. The number of carbonyl (C=O) groups is 1. The number of hydrogen-bond acceptors (Lipinski definition) is 2. The van der Waals surface area contributed by atoms with Gasteiger partial charge in [0.15, 0.2) is 0 Å². The number of fused-ring (bicyclic) bond motifs is 1. The van der Waals surface area contributed by atoms with Gasteiger partial charge in [-0.2, -0.15) is 0 Å². The Kier molecular flexibility index (Phi) is 3.32. The average Bonchev–Trinajstić information content (AvgIpc) is 2.81. The van der Waals surface area contributed by atoms with Crippen LogP contribution in [0.25, 0.3) is 10.9 Å². The van der Waals surface area contributed by atoms with Gasteiger partial charge in [0.05, 0.1) is 11.2 Å². The number of carbonyl (C=O) groups excluding carboxylic acids is 1. The fourth-order valence-corrected chi connectivity index (χ4v) is 2.49. The third-order valence-corrected chi connectivity index (χ3v) is 3.70. The van der Waals surface area contributed by atoms with Crippen LogP contribution in [-0.4, -0.2) is 10.5 Å². The van der Waals surface area contributed by atoms with Crippen LogP contribution in [-0.2, 0) is 0 Å². The molecule has 0 amide bonds. The molecule has 0 saturated heterocycles. The van der Waals surface area contributed by atoms with Crippen molar-refractivity contribution in [3.8, 4) is 0 Å². The molecule has 0 aliphatic carbocycles. The predicted molar refractivity (Wildman–Crippen MR) is 85.7 cm³/mol. The third kappa shape index (κ3) is 2.34. The largest absolute Gasteiger partial charge is 0.354 e. The molecule has 2 aromatic carbocycles. The molecule has 4 heteroatoms. The molecule has 1 N–H and O–H groups in total. The molecule has 3 rings (SSSR count). The zero-order valence-corrected chi connectivity index (χ0v) is 12.5. The summed E-state index contributed by atoms with van der Waals surface area (Å²) in [4.78, 5) is 11.7. The van der Waals surface area contributed by atoms with E-state index in [9.17, 15) is 4.79 Å². The summed E-state index contributed by atoms with van der Waals surface area (Å²) >= 11 is 3.42. The predicted octanol–water partition coefficient (Wildman–Crippen LogP) is 4.81. The van der Waals surface area contributed by atoms with E-state index in [0.29, 0.717) is 0 Å². The third-order valence-electron chi connectivity index (χ3n) is 3.17. The number of anilines is 2. The minimum absolute atomic E-state index is 0.00468. The Morgan fingerprint density at radius 1 is 1.10 bits per heavy atom. The Hall–Kier alpha value is -2.07. The summed E-state index contributed by atoms with van der Waals surface area (Å²) in [7, 11) is 0. The van der Waals surface area contributed by atoms with Crippen molar-refractivity contribution in [1.82, 2.24) is 4.57 Å². The molecule has 0 atom stereocenters. The topological polar surface area (TPSA) is 34.0 Å². The van der Waals surface area contributed by atoms with Gasteiger partial charge in [0, 0.05) is 28.7 Å². The number of halogens is 1. The zero-order chi connectivity index (χ0) is 14.1. The van der Waals surface area contributed by atoms with Gasteiger partial charge < -0.3 is 5.32 Å². The quantitative estimate of drug-likeness (QED) is 0.732. The first-order valence-electron chi connectivity index (χ1n) is 6.29. The molecule has 1 heterocycles. The molecule has 0 unspecified atom stereocenters. The highest BCUT2D eigenvalue weighted by Crippen LogP contribution is 2.29. The molecule has 0 bridgehead atoms. The second kappa shape index (κ2) is 5.13. The van der Waals surface area contributed by atoms with Crippen LogP contribution in [0.1, 0.15) is 11.7 Å². The molecule has 0 aliphatic heterocycles. The van der Waals surface area contributed by atoms with E-state index in [1.807, 2.05) is 54.7 Å². The molecule has 100 valence electrons. The highest BCUT2D eigenvalue weighted by atomic mass is 79.9. The van der Waals surface area contributed by atoms with Crippen molar-refractivity contribution in [3.05, 3.63) is 59.2 Å². The van der Waals surface area contributed by atoms with Gasteiger partial charge in [-0.05, 0) is 30.3 Å². The van der Waals surface area contributed by atoms with E-state index in [4.69, 9.17) is 0 Å². The van der Waals surface area contributed by atoms with Gasteiger partial charge in [-0.15, -0.1) is 0 Å². The van der Waals surface area contributed by atoms with Crippen LogP contribution < -0.4 is 5.32 Å². The Morgan fingerprint density at radius 2 is 1.80 bits per heavy atom. The highest BCUT2D eigenvalue weighted by molar-refractivity contribution is 9.10. The molecule has 0 fully saturated rings. The van der Waals surface area contributed by atoms with E-state index in [0.717, 1.165) is 26.8 Å². The van der Waals surface area contributed by atoms with Crippen molar-refractivity contribution in [2.45, 2.75) is 6.92 Å². The second-order valence-electron chi connectivity index (χ2n) is 4.58. The second-order valence-corrected chi connectivity index (χ2v) is 5.50. The lowest BCUT2D eigenvalue weighted by atomic mass is 10.2. The molecule has 0 saturated carbocycles. The number of nitrogens with zero attached hydrogens (tertiary/aromatic N) is 1. The maximum atomic E-state index is 11.7. The highest BCUT2D eigenvalue weighted by Gasteiger charge is 2.10. The van der Waals surface area contributed by atoms with Crippen LogP contribution in [0.5, 0.6) is 0 Å². The minimum Gasteiger partial charge on any atom is -0.354 e. The number of hydrogen-bond donors (Lipinski definition) is 1.